The van der Waals surface area contributed by atoms with Crippen molar-refractivity contribution in [2.45, 2.75) is 0 Å². The molecule has 4 aromatic rings. The van der Waals surface area contributed by atoms with Crippen molar-refractivity contribution in [3.05, 3.63) is 72.7 Å². The monoisotopic (exact) mass is 444 g/mol. The number of hydrogen-bond acceptors (Lipinski definition) is 9. The van der Waals surface area contributed by atoms with Crippen molar-refractivity contribution in [3.63, 3.8) is 0 Å². The molecule has 0 amide bonds. The molecule has 0 aliphatic heterocycles. The van der Waals surface area contributed by atoms with Crippen LogP contribution in [-0.2, 0) is 0 Å². The molecule has 0 fully saturated rings. The van der Waals surface area contributed by atoms with Gasteiger partial charge in [0.05, 0.1) is 19.9 Å². The number of methoxy groups -OCH3 is 2. The zero-order valence-corrected chi connectivity index (χ0v) is 17.8. The molecule has 0 saturated heterocycles. The molecule has 0 spiro atoms. The van der Waals surface area contributed by atoms with Crippen LogP contribution in [0.2, 0.25) is 0 Å². The number of carboxylic acids is 1. The standard InChI is InChI=1S/C23H20N6O4/c1-32-19-10-9-14(12-25-19)15-6-5-7-17(20(15)33-2)27-21-16(22(30)31)13-26-23(29-21)28-18-8-3-4-11-24-18/h3-13H,1-2H3,(H,30,31)(H2,24,26,27,28,29). The molecule has 3 N–H and O–H groups in total. The fraction of sp³-hybridized carbons (Fsp3) is 0.0870. The van der Waals surface area contributed by atoms with Gasteiger partial charge in [-0.1, -0.05) is 18.2 Å². The van der Waals surface area contributed by atoms with Gasteiger partial charge in [-0.3, -0.25) is 0 Å². The van der Waals surface area contributed by atoms with Crippen molar-refractivity contribution in [2.75, 3.05) is 24.9 Å². The lowest BCUT2D eigenvalue weighted by Crippen LogP contribution is -2.09. The van der Waals surface area contributed by atoms with Crippen LogP contribution in [0, 0.1) is 0 Å². The number of aromatic nitrogens is 4. The molecule has 0 atom stereocenters. The maximum absolute atomic E-state index is 11.8. The molecule has 0 bridgehead atoms. The molecule has 3 aromatic heterocycles. The first-order chi connectivity index (χ1) is 16.1. The van der Waals surface area contributed by atoms with Crippen LogP contribution in [0.5, 0.6) is 11.6 Å². The van der Waals surface area contributed by atoms with Gasteiger partial charge in [0.25, 0.3) is 0 Å². The van der Waals surface area contributed by atoms with Crippen molar-refractivity contribution < 1.29 is 19.4 Å². The molecule has 0 unspecified atom stereocenters. The third kappa shape index (κ3) is 4.79. The summed E-state index contributed by atoms with van der Waals surface area (Å²) in [5, 5.41) is 15.7. The summed E-state index contributed by atoms with van der Waals surface area (Å²) in [5.41, 5.74) is 1.99. The largest absolute Gasteiger partial charge is 0.494 e. The molecule has 10 nitrogen and oxygen atoms in total. The highest BCUT2D eigenvalue weighted by atomic mass is 16.5. The van der Waals surface area contributed by atoms with Crippen LogP contribution in [0.4, 0.5) is 23.3 Å². The van der Waals surface area contributed by atoms with Gasteiger partial charge in [0.1, 0.15) is 17.1 Å². The molecule has 166 valence electrons. The molecule has 3 heterocycles. The first kappa shape index (κ1) is 21.5. The van der Waals surface area contributed by atoms with Crippen LogP contribution in [-0.4, -0.2) is 45.2 Å². The minimum absolute atomic E-state index is 0.0965. The molecular formula is C23H20N6O4. The predicted octanol–water partition coefficient (Wildman–Crippen LogP) is 4.14. The Morgan fingerprint density at radius 2 is 1.79 bits per heavy atom. The Hall–Kier alpha value is -4.73. The van der Waals surface area contributed by atoms with Crippen molar-refractivity contribution in [2.24, 2.45) is 0 Å². The van der Waals surface area contributed by atoms with E-state index in [9.17, 15) is 9.90 Å². The number of benzene rings is 1. The number of carboxylic acid groups (broad SMARTS) is 1. The van der Waals surface area contributed by atoms with Crippen LogP contribution in [0.3, 0.4) is 0 Å². The minimum Gasteiger partial charge on any atom is -0.494 e. The molecule has 0 radical (unpaired) electrons. The number of pyridine rings is 2. The molecule has 0 saturated carbocycles. The average Bonchev–Trinajstić information content (AvgIpc) is 2.84. The summed E-state index contributed by atoms with van der Waals surface area (Å²) < 4.78 is 10.8. The van der Waals surface area contributed by atoms with E-state index >= 15 is 0 Å². The van der Waals surface area contributed by atoms with Gasteiger partial charge in [0.15, 0.2) is 5.82 Å². The maximum Gasteiger partial charge on any atom is 0.341 e. The summed E-state index contributed by atoms with van der Waals surface area (Å²) in [6, 6.07) is 14.4. The minimum atomic E-state index is -1.17. The molecular weight excluding hydrogens is 424 g/mol. The average molecular weight is 444 g/mol. The summed E-state index contributed by atoms with van der Waals surface area (Å²) in [7, 11) is 3.08. The summed E-state index contributed by atoms with van der Waals surface area (Å²) >= 11 is 0. The van der Waals surface area contributed by atoms with Crippen molar-refractivity contribution >= 4 is 29.2 Å². The topological polar surface area (TPSA) is 131 Å². The fourth-order valence-corrected chi connectivity index (χ4v) is 3.12. The molecule has 33 heavy (non-hydrogen) atoms. The number of rotatable bonds is 8. The number of aromatic carboxylic acids is 1. The molecule has 1 aromatic carbocycles. The number of nitrogens with zero attached hydrogens (tertiary/aromatic N) is 4. The first-order valence-electron chi connectivity index (χ1n) is 9.82. The lowest BCUT2D eigenvalue weighted by Gasteiger charge is -2.16. The van der Waals surface area contributed by atoms with E-state index in [1.165, 1.54) is 13.3 Å². The summed E-state index contributed by atoms with van der Waals surface area (Å²) in [6.45, 7) is 0. The highest BCUT2D eigenvalue weighted by Crippen LogP contribution is 2.38. The number of anilines is 4. The quantitative estimate of drug-likeness (QED) is 0.364. The van der Waals surface area contributed by atoms with Crippen molar-refractivity contribution in [3.8, 4) is 22.8 Å². The van der Waals surface area contributed by atoms with Crippen LogP contribution >= 0.6 is 0 Å². The Balaban J connectivity index is 1.71. The number of nitrogens with one attached hydrogen (secondary N) is 2. The Kier molecular flexibility index (Phi) is 6.26. The van der Waals surface area contributed by atoms with Gasteiger partial charge in [-0.25, -0.2) is 19.7 Å². The number of ether oxygens (including phenoxy) is 2. The fourth-order valence-electron chi connectivity index (χ4n) is 3.12. The second-order valence-corrected chi connectivity index (χ2v) is 6.70. The molecule has 0 aliphatic rings. The maximum atomic E-state index is 11.8. The first-order valence-corrected chi connectivity index (χ1v) is 9.82. The zero-order valence-electron chi connectivity index (χ0n) is 17.8. The van der Waals surface area contributed by atoms with Crippen LogP contribution in [0.15, 0.2) is 67.1 Å². The Labute approximate surface area is 189 Å². The third-order valence-electron chi connectivity index (χ3n) is 4.65. The summed E-state index contributed by atoms with van der Waals surface area (Å²) in [4.78, 5) is 28.6. The Morgan fingerprint density at radius 1 is 0.909 bits per heavy atom. The highest BCUT2D eigenvalue weighted by molar-refractivity contribution is 5.94. The van der Waals surface area contributed by atoms with Crippen LogP contribution in [0.25, 0.3) is 11.1 Å². The van der Waals surface area contributed by atoms with Gasteiger partial charge >= 0.3 is 5.97 Å². The van der Waals surface area contributed by atoms with E-state index in [0.717, 1.165) is 11.1 Å². The van der Waals surface area contributed by atoms with Crippen LogP contribution < -0.4 is 20.1 Å². The van der Waals surface area contributed by atoms with Gasteiger partial charge in [-0.15, -0.1) is 0 Å². The molecule has 0 aliphatic carbocycles. The van der Waals surface area contributed by atoms with Gasteiger partial charge in [0, 0.05) is 35.8 Å². The smallest absolute Gasteiger partial charge is 0.341 e. The number of hydrogen-bond donors (Lipinski definition) is 3. The third-order valence-corrected chi connectivity index (χ3v) is 4.65. The second-order valence-electron chi connectivity index (χ2n) is 6.70. The van der Waals surface area contributed by atoms with Crippen molar-refractivity contribution in [1.82, 2.24) is 19.9 Å². The summed E-state index contributed by atoms with van der Waals surface area (Å²) in [5.74, 6) is 0.634. The lowest BCUT2D eigenvalue weighted by atomic mass is 10.1. The van der Waals surface area contributed by atoms with E-state index < -0.39 is 5.97 Å². The number of para-hydroxylation sites is 1. The van der Waals surface area contributed by atoms with Crippen LogP contribution in [0.1, 0.15) is 10.4 Å². The lowest BCUT2D eigenvalue weighted by molar-refractivity contribution is 0.0697. The van der Waals surface area contributed by atoms with Gasteiger partial charge < -0.3 is 25.2 Å². The van der Waals surface area contributed by atoms with E-state index in [4.69, 9.17) is 9.47 Å². The Morgan fingerprint density at radius 3 is 2.45 bits per heavy atom. The SMILES string of the molecule is COc1ccc(-c2cccc(Nc3nc(Nc4ccccn4)ncc3C(=O)O)c2OC)cn1. The highest BCUT2D eigenvalue weighted by Gasteiger charge is 2.18. The normalized spacial score (nSPS) is 10.4. The van der Waals surface area contributed by atoms with E-state index in [2.05, 4.69) is 30.6 Å². The second kappa shape index (κ2) is 9.60. The van der Waals surface area contributed by atoms with Gasteiger partial charge in [0.2, 0.25) is 11.8 Å². The molecule has 10 heteroatoms. The van der Waals surface area contributed by atoms with Crippen molar-refractivity contribution in [1.29, 1.82) is 0 Å². The molecule has 4 rings (SSSR count). The van der Waals surface area contributed by atoms with Gasteiger partial charge in [-0.05, 0) is 24.3 Å². The van der Waals surface area contributed by atoms with Gasteiger partial charge in [-0.2, -0.15) is 4.98 Å². The summed E-state index contributed by atoms with van der Waals surface area (Å²) in [6.07, 6.45) is 4.52. The zero-order chi connectivity index (χ0) is 23.2. The van der Waals surface area contributed by atoms with E-state index in [-0.39, 0.29) is 17.3 Å². The number of carbonyl (C=O) groups is 1. The van der Waals surface area contributed by atoms with E-state index in [1.807, 2.05) is 24.3 Å². The Bertz CT molecular complexity index is 1270. The van der Waals surface area contributed by atoms with E-state index in [0.29, 0.717) is 23.1 Å². The predicted molar refractivity (Wildman–Crippen MR) is 123 cm³/mol. The van der Waals surface area contributed by atoms with E-state index in [1.54, 1.807) is 43.8 Å².